The zero-order valence-electron chi connectivity index (χ0n) is 21.8. The first-order valence-electron chi connectivity index (χ1n) is 13.1. The van der Waals surface area contributed by atoms with E-state index in [9.17, 15) is 4.79 Å². The minimum atomic E-state index is -0.174. The number of anilines is 1. The number of hydrogen-bond acceptors (Lipinski definition) is 6. The number of nitrogens with zero attached hydrogens (tertiary/aromatic N) is 3. The van der Waals surface area contributed by atoms with E-state index >= 15 is 0 Å². The van der Waals surface area contributed by atoms with Crippen LogP contribution in [-0.4, -0.2) is 60.5 Å². The Labute approximate surface area is 228 Å². The number of benzene rings is 3. The molecule has 0 radical (unpaired) electrons. The van der Waals surface area contributed by atoms with Gasteiger partial charge in [-0.3, -0.25) is 5.32 Å². The van der Waals surface area contributed by atoms with Gasteiger partial charge in [-0.05, 0) is 24.5 Å². The fraction of sp³-hybridized carbons (Fsp3) is 0.300. The SMILES string of the molecule is CCOCCNCCN(CCC(c1ccccc1)c1ccccc1)C(=O)Nc1nnc(-c2ccccc2)s1. The molecule has 0 saturated heterocycles. The molecule has 0 saturated carbocycles. The third-order valence-corrected chi connectivity index (χ3v) is 7.11. The van der Waals surface area contributed by atoms with Gasteiger partial charge in [0.2, 0.25) is 5.13 Å². The number of aromatic nitrogens is 2. The van der Waals surface area contributed by atoms with Gasteiger partial charge in [-0.25, -0.2) is 4.79 Å². The van der Waals surface area contributed by atoms with Crippen LogP contribution in [0.2, 0.25) is 0 Å². The number of urea groups is 1. The van der Waals surface area contributed by atoms with E-state index in [1.807, 2.05) is 54.3 Å². The van der Waals surface area contributed by atoms with Crippen LogP contribution >= 0.6 is 11.3 Å². The minimum Gasteiger partial charge on any atom is -0.380 e. The molecule has 0 unspecified atom stereocenters. The molecule has 0 aliphatic heterocycles. The molecule has 0 aliphatic rings. The number of rotatable bonds is 14. The van der Waals surface area contributed by atoms with Gasteiger partial charge >= 0.3 is 6.03 Å². The maximum Gasteiger partial charge on any atom is 0.323 e. The molecule has 198 valence electrons. The van der Waals surface area contributed by atoms with Crippen LogP contribution in [0.5, 0.6) is 0 Å². The van der Waals surface area contributed by atoms with Crippen molar-refractivity contribution in [2.45, 2.75) is 19.3 Å². The molecule has 0 fully saturated rings. The molecular weight excluding hydrogens is 494 g/mol. The van der Waals surface area contributed by atoms with Crippen molar-refractivity contribution in [3.05, 3.63) is 102 Å². The predicted octanol–water partition coefficient (Wildman–Crippen LogP) is 5.89. The van der Waals surface area contributed by atoms with E-state index in [1.165, 1.54) is 22.5 Å². The van der Waals surface area contributed by atoms with E-state index in [1.54, 1.807) is 0 Å². The van der Waals surface area contributed by atoms with Crippen molar-refractivity contribution in [1.29, 1.82) is 0 Å². The Morgan fingerprint density at radius 2 is 1.50 bits per heavy atom. The van der Waals surface area contributed by atoms with Crippen molar-refractivity contribution in [3.8, 4) is 10.6 Å². The molecule has 3 aromatic carbocycles. The summed E-state index contributed by atoms with van der Waals surface area (Å²) < 4.78 is 5.41. The van der Waals surface area contributed by atoms with E-state index in [-0.39, 0.29) is 11.9 Å². The normalized spacial score (nSPS) is 11.0. The van der Waals surface area contributed by atoms with Crippen LogP contribution in [0, 0.1) is 0 Å². The molecule has 0 bridgehead atoms. The lowest BCUT2D eigenvalue weighted by Crippen LogP contribution is -2.41. The molecule has 4 rings (SSSR count). The highest BCUT2D eigenvalue weighted by molar-refractivity contribution is 7.18. The van der Waals surface area contributed by atoms with Crippen LogP contribution in [0.3, 0.4) is 0 Å². The van der Waals surface area contributed by atoms with Gasteiger partial charge in [0.05, 0.1) is 6.61 Å². The monoisotopic (exact) mass is 529 g/mol. The molecule has 7 nitrogen and oxygen atoms in total. The molecule has 0 atom stereocenters. The van der Waals surface area contributed by atoms with E-state index in [0.29, 0.717) is 38.0 Å². The Balaban J connectivity index is 1.44. The van der Waals surface area contributed by atoms with Gasteiger partial charge < -0.3 is 15.0 Å². The summed E-state index contributed by atoms with van der Waals surface area (Å²) >= 11 is 1.37. The first-order chi connectivity index (χ1) is 18.7. The maximum absolute atomic E-state index is 13.4. The van der Waals surface area contributed by atoms with Crippen LogP contribution in [0.4, 0.5) is 9.93 Å². The van der Waals surface area contributed by atoms with Crippen molar-refractivity contribution in [1.82, 2.24) is 20.4 Å². The zero-order chi connectivity index (χ0) is 26.4. The Hall–Kier alpha value is -3.59. The lowest BCUT2D eigenvalue weighted by Gasteiger charge is -2.26. The van der Waals surface area contributed by atoms with Gasteiger partial charge in [-0.1, -0.05) is 102 Å². The summed E-state index contributed by atoms with van der Waals surface area (Å²) in [6, 6.07) is 30.6. The largest absolute Gasteiger partial charge is 0.380 e. The van der Waals surface area contributed by atoms with Gasteiger partial charge in [0.25, 0.3) is 0 Å². The molecule has 1 heterocycles. The summed E-state index contributed by atoms with van der Waals surface area (Å²) in [5.74, 6) is 0.185. The average molecular weight is 530 g/mol. The minimum absolute atomic E-state index is 0.174. The second-order valence-corrected chi connectivity index (χ2v) is 9.78. The lowest BCUT2D eigenvalue weighted by atomic mass is 9.88. The Bertz CT molecular complexity index is 1180. The zero-order valence-corrected chi connectivity index (χ0v) is 22.6. The fourth-order valence-electron chi connectivity index (χ4n) is 4.27. The van der Waals surface area contributed by atoms with Crippen LogP contribution in [0.25, 0.3) is 10.6 Å². The second kappa shape index (κ2) is 15.0. The van der Waals surface area contributed by atoms with E-state index < -0.39 is 0 Å². The van der Waals surface area contributed by atoms with Crippen molar-refractivity contribution in [3.63, 3.8) is 0 Å². The lowest BCUT2D eigenvalue weighted by molar-refractivity contribution is 0.148. The molecule has 0 spiro atoms. The molecule has 2 N–H and O–H groups in total. The van der Waals surface area contributed by atoms with Crippen LogP contribution in [0.15, 0.2) is 91.0 Å². The van der Waals surface area contributed by atoms with Gasteiger partial charge in [-0.15, -0.1) is 10.2 Å². The van der Waals surface area contributed by atoms with Crippen LogP contribution < -0.4 is 10.6 Å². The Morgan fingerprint density at radius 1 is 0.868 bits per heavy atom. The second-order valence-electron chi connectivity index (χ2n) is 8.81. The number of carbonyl (C=O) groups is 1. The van der Waals surface area contributed by atoms with Crippen LogP contribution in [-0.2, 0) is 4.74 Å². The molecule has 4 aromatic rings. The Kier molecular flexibility index (Phi) is 10.8. The molecule has 1 aromatic heterocycles. The third kappa shape index (κ3) is 8.21. The molecule has 2 amide bonds. The number of amides is 2. The van der Waals surface area contributed by atoms with Gasteiger partial charge in [0.15, 0.2) is 0 Å². The highest BCUT2D eigenvalue weighted by atomic mass is 32.1. The maximum atomic E-state index is 13.4. The molecular formula is C30H35N5O2S. The first kappa shape index (κ1) is 27.4. The summed E-state index contributed by atoms with van der Waals surface area (Å²) in [6.45, 7) is 5.92. The van der Waals surface area contributed by atoms with Crippen molar-refractivity contribution < 1.29 is 9.53 Å². The summed E-state index contributed by atoms with van der Waals surface area (Å²) in [4.78, 5) is 15.3. The first-order valence-corrected chi connectivity index (χ1v) is 13.9. The fourth-order valence-corrected chi connectivity index (χ4v) is 5.00. The molecule has 38 heavy (non-hydrogen) atoms. The van der Waals surface area contributed by atoms with E-state index in [0.717, 1.165) is 23.5 Å². The van der Waals surface area contributed by atoms with Crippen molar-refractivity contribution in [2.75, 3.05) is 44.7 Å². The van der Waals surface area contributed by atoms with Crippen molar-refractivity contribution in [2.24, 2.45) is 0 Å². The topological polar surface area (TPSA) is 79.4 Å². The summed E-state index contributed by atoms with van der Waals surface area (Å²) in [7, 11) is 0. The average Bonchev–Trinajstić information content (AvgIpc) is 3.44. The van der Waals surface area contributed by atoms with Crippen molar-refractivity contribution >= 4 is 22.5 Å². The Morgan fingerprint density at radius 3 is 2.13 bits per heavy atom. The van der Waals surface area contributed by atoms with Crippen LogP contribution in [0.1, 0.15) is 30.4 Å². The smallest absolute Gasteiger partial charge is 0.323 e. The predicted molar refractivity (Wildman–Crippen MR) is 155 cm³/mol. The van der Waals surface area contributed by atoms with E-state index in [4.69, 9.17) is 4.74 Å². The highest BCUT2D eigenvalue weighted by Gasteiger charge is 2.20. The number of nitrogens with one attached hydrogen (secondary N) is 2. The quantitative estimate of drug-likeness (QED) is 0.199. The summed E-state index contributed by atoms with van der Waals surface area (Å²) in [5.41, 5.74) is 3.46. The summed E-state index contributed by atoms with van der Waals surface area (Å²) in [6.07, 6.45) is 0.797. The summed E-state index contributed by atoms with van der Waals surface area (Å²) in [5, 5.41) is 16.1. The van der Waals surface area contributed by atoms with Gasteiger partial charge in [0.1, 0.15) is 5.01 Å². The number of carbonyl (C=O) groups excluding carboxylic acids is 1. The standard InChI is InChI=1S/C30H35N5O2S/c1-2-37-23-20-31-19-22-35(30(36)32-29-34-33-28(38-29)26-16-10-5-11-17-26)21-18-27(24-12-6-3-7-13-24)25-14-8-4-9-15-25/h3-17,27,31H,2,18-23H2,1H3,(H,32,34,36). The molecule has 8 heteroatoms. The van der Waals surface area contributed by atoms with E-state index in [2.05, 4.69) is 69.4 Å². The molecule has 0 aliphatic carbocycles. The van der Waals surface area contributed by atoms with Gasteiger partial charge in [-0.2, -0.15) is 0 Å². The number of hydrogen-bond donors (Lipinski definition) is 2. The van der Waals surface area contributed by atoms with Gasteiger partial charge in [0, 0.05) is 44.3 Å². The third-order valence-electron chi connectivity index (χ3n) is 6.22. The number of ether oxygens (including phenoxy) is 1. The highest BCUT2D eigenvalue weighted by Crippen LogP contribution is 2.29.